The van der Waals surface area contributed by atoms with E-state index in [4.69, 9.17) is 0 Å². The van der Waals surface area contributed by atoms with Crippen molar-refractivity contribution in [2.45, 2.75) is 26.3 Å². The Bertz CT molecular complexity index is 405. The minimum Gasteiger partial charge on any atom is -0.312 e. The lowest BCUT2D eigenvalue weighted by atomic mass is 10.1. The molecule has 1 aromatic carbocycles. The number of likely N-dealkylation sites (tertiary alicyclic amines) is 1. The maximum Gasteiger partial charge on any atom is 0.127 e. The summed E-state index contributed by atoms with van der Waals surface area (Å²) in [6.45, 7) is 7.41. The van der Waals surface area contributed by atoms with E-state index in [1.165, 1.54) is 32.0 Å². The molecule has 1 unspecified atom stereocenters. The normalized spacial score (nSPS) is 17.8. The number of rotatable bonds is 6. The van der Waals surface area contributed by atoms with Gasteiger partial charge in [-0.2, -0.15) is 0 Å². The summed E-state index contributed by atoms with van der Waals surface area (Å²) < 4.78 is 14.5. The molecule has 0 aliphatic carbocycles. The smallest absolute Gasteiger partial charge is 0.127 e. The van der Waals surface area contributed by atoms with Crippen LogP contribution in [-0.2, 0) is 6.54 Å². The fourth-order valence-corrected chi connectivity index (χ4v) is 3.01. The Morgan fingerprint density at radius 3 is 2.84 bits per heavy atom. The Labute approximate surface area is 123 Å². The predicted octanol–water partition coefficient (Wildman–Crippen LogP) is 3.41. The average molecular weight is 329 g/mol. The molecule has 1 fully saturated rings. The van der Waals surface area contributed by atoms with Crippen molar-refractivity contribution in [2.75, 3.05) is 26.2 Å². The lowest BCUT2D eigenvalue weighted by Crippen LogP contribution is -2.31. The van der Waals surface area contributed by atoms with Crippen LogP contribution in [0.2, 0.25) is 0 Å². The third-order valence-corrected chi connectivity index (χ3v) is 4.08. The van der Waals surface area contributed by atoms with Gasteiger partial charge in [-0.25, -0.2) is 4.39 Å². The summed E-state index contributed by atoms with van der Waals surface area (Å²) in [5, 5.41) is 3.36. The maximum absolute atomic E-state index is 13.6. The van der Waals surface area contributed by atoms with Gasteiger partial charge in [-0.15, -0.1) is 0 Å². The van der Waals surface area contributed by atoms with E-state index >= 15 is 0 Å². The molecule has 106 valence electrons. The minimum absolute atomic E-state index is 0.136. The second-order valence-corrected chi connectivity index (χ2v) is 6.40. The summed E-state index contributed by atoms with van der Waals surface area (Å²) in [7, 11) is 0. The number of nitrogens with one attached hydrogen (secondary N) is 1. The maximum atomic E-state index is 13.6. The van der Waals surface area contributed by atoms with Crippen LogP contribution in [0.3, 0.4) is 0 Å². The lowest BCUT2D eigenvalue weighted by Gasteiger charge is -2.20. The Hall–Kier alpha value is -0.450. The van der Waals surface area contributed by atoms with Gasteiger partial charge in [0, 0.05) is 23.1 Å². The zero-order chi connectivity index (χ0) is 13.7. The summed E-state index contributed by atoms with van der Waals surface area (Å²) in [4.78, 5) is 2.52. The van der Waals surface area contributed by atoms with Gasteiger partial charge < -0.3 is 10.2 Å². The van der Waals surface area contributed by atoms with Crippen molar-refractivity contribution in [2.24, 2.45) is 5.92 Å². The van der Waals surface area contributed by atoms with Crippen molar-refractivity contribution >= 4 is 15.9 Å². The minimum atomic E-state index is -0.136. The Morgan fingerprint density at radius 1 is 1.37 bits per heavy atom. The summed E-state index contributed by atoms with van der Waals surface area (Å²) in [5.74, 6) is 0.469. The summed E-state index contributed by atoms with van der Waals surface area (Å²) in [6, 6.07) is 5.08. The van der Waals surface area contributed by atoms with Crippen molar-refractivity contribution < 1.29 is 4.39 Å². The highest BCUT2D eigenvalue weighted by Gasteiger charge is 2.14. The van der Waals surface area contributed by atoms with Crippen LogP contribution in [0.4, 0.5) is 4.39 Å². The van der Waals surface area contributed by atoms with E-state index in [0.717, 1.165) is 23.1 Å². The molecule has 19 heavy (non-hydrogen) atoms. The predicted molar refractivity (Wildman–Crippen MR) is 80.6 cm³/mol. The molecule has 0 saturated carbocycles. The van der Waals surface area contributed by atoms with Crippen LogP contribution >= 0.6 is 15.9 Å². The summed E-state index contributed by atoms with van der Waals surface area (Å²) in [6.07, 6.45) is 2.67. The van der Waals surface area contributed by atoms with Crippen molar-refractivity contribution in [3.8, 4) is 0 Å². The van der Waals surface area contributed by atoms with Gasteiger partial charge in [0.05, 0.1) is 0 Å². The van der Waals surface area contributed by atoms with Crippen molar-refractivity contribution in [1.29, 1.82) is 0 Å². The Morgan fingerprint density at radius 2 is 2.11 bits per heavy atom. The molecule has 1 N–H and O–H groups in total. The van der Waals surface area contributed by atoms with E-state index in [9.17, 15) is 4.39 Å². The molecule has 0 bridgehead atoms. The molecule has 4 heteroatoms. The first-order chi connectivity index (χ1) is 9.15. The van der Waals surface area contributed by atoms with Gasteiger partial charge in [0.25, 0.3) is 0 Å². The van der Waals surface area contributed by atoms with E-state index < -0.39 is 0 Å². The highest BCUT2D eigenvalue weighted by molar-refractivity contribution is 9.10. The summed E-state index contributed by atoms with van der Waals surface area (Å²) >= 11 is 3.37. The quantitative estimate of drug-likeness (QED) is 0.860. The molecule has 0 spiro atoms. The monoisotopic (exact) mass is 328 g/mol. The van der Waals surface area contributed by atoms with E-state index in [1.807, 2.05) is 6.07 Å². The molecule has 1 aromatic rings. The SMILES string of the molecule is CC(CNCc1cc(Br)ccc1F)CN1CCCC1. The number of benzene rings is 1. The van der Waals surface area contributed by atoms with E-state index in [0.29, 0.717) is 12.5 Å². The fraction of sp³-hybridized carbons (Fsp3) is 0.600. The van der Waals surface area contributed by atoms with Gasteiger partial charge >= 0.3 is 0 Å². The van der Waals surface area contributed by atoms with Crippen LogP contribution in [0.5, 0.6) is 0 Å². The zero-order valence-corrected chi connectivity index (χ0v) is 13.0. The van der Waals surface area contributed by atoms with E-state index in [1.54, 1.807) is 6.07 Å². The van der Waals surface area contributed by atoms with Gasteiger partial charge in [0.2, 0.25) is 0 Å². The molecule has 0 amide bonds. The van der Waals surface area contributed by atoms with Gasteiger partial charge in [0.15, 0.2) is 0 Å². The van der Waals surface area contributed by atoms with Crippen molar-refractivity contribution in [3.05, 3.63) is 34.1 Å². The molecule has 1 aliphatic rings. The third kappa shape index (κ3) is 4.86. The first-order valence-corrected chi connectivity index (χ1v) is 7.81. The molecule has 1 saturated heterocycles. The topological polar surface area (TPSA) is 15.3 Å². The van der Waals surface area contributed by atoms with Crippen LogP contribution in [0.15, 0.2) is 22.7 Å². The van der Waals surface area contributed by atoms with Crippen molar-refractivity contribution in [3.63, 3.8) is 0 Å². The highest BCUT2D eigenvalue weighted by Crippen LogP contribution is 2.15. The van der Waals surface area contributed by atoms with Gasteiger partial charge in [-0.1, -0.05) is 22.9 Å². The first kappa shape index (κ1) is 14.9. The van der Waals surface area contributed by atoms with Crippen molar-refractivity contribution in [1.82, 2.24) is 10.2 Å². The number of nitrogens with zero attached hydrogens (tertiary/aromatic N) is 1. The van der Waals surface area contributed by atoms with Crippen LogP contribution in [0.1, 0.15) is 25.3 Å². The third-order valence-electron chi connectivity index (χ3n) is 3.58. The molecule has 2 nitrogen and oxygen atoms in total. The summed E-state index contributed by atoms with van der Waals surface area (Å²) in [5.41, 5.74) is 0.725. The largest absolute Gasteiger partial charge is 0.312 e. The molecular weight excluding hydrogens is 307 g/mol. The molecule has 1 aliphatic heterocycles. The molecule has 0 aromatic heterocycles. The Balaban J connectivity index is 1.71. The second-order valence-electron chi connectivity index (χ2n) is 5.48. The van der Waals surface area contributed by atoms with Crippen LogP contribution in [0.25, 0.3) is 0 Å². The number of halogens is 2. The highest BCUT2D eigenvalue weighted by atomic mass is 79.9. The molecular formula is C15H22BrFN2. The number of hydrogen-bond acceptors (Lipinski definition) is 2. The van der Waals surface area contributed by atoms with Crippen LogP contribution in [0, 0.1) is 11.7 Å². The molecule has 1 heterocycles. The lowest BCUT2D eigenvalue weighted by molar-refractivity contribution is 0.282. The van der Waals surface area contributed by atoms with E-state index in [-0.39, 0.29) is 5.82 Å². The second kappa shape index (κ2) is 7.36. The fourth-order valence-electron chi connectivity index (χ4n) is 2.60. The first-order valence-electron chi connectivity index (χ1n) is 7.02. The number of hydrogen-bond donors (Lipinski definition) is 1. The average Bonchev–Trinajstić information content (AvgIpc) is 2.86. The van der Waals surface area contributed by atoms with Crippen LogP contribution in [-0.4, -0.2) is 31.1 Å². The zero-order valence-electron chi connectivity index (χ0n) is 11.5. The molecule has 0 radical (unpaired) electrons. The van der Waals surface area contributed by atoms with Gasteiger partial charge in [-0.3, -0.25) is 0 Å². The molecule has 2 rings (SSSR count). The molecule has 1 atom stereocenters. The van der Waals surface area contributed by atoms with E-state index in [2.05, 4.69) is 33.1 Å². The van der Waals surface area contributed by atoms with Gasteiger partial charge in [0.1, 0.15) is 5.82 Å². The standard InChI is InChI=1S/C15H22BrFN2/c1-12(11-19-6-2-3-7-19)9-18-10-13-8-14(16)4-5-15(13)17/h4-5,8,12,18H,2-3,6-7,9-11H2,1H3. The van der Waals surface area contributed by atoms with Gasteiger partial charge in [-0.05, 0) is 56.6 Å². The van der Waals surface area contributed by atoms with Crippen LogP contribution < -0.4 is 5.32 Å². The Kier molecular flexibility index (Phi) is 5.79.